The Labute approximate surface area is 182 Å². The average molecular weight is 418 g/mol. The van der Waals surface area contributed by atoms with Crippen LogP contribution in [0.2, 0.25) is 0 Å². The summed E-state index contributed by atoms with van der Waals surface area (Å²) in [5.74, 6) is -0.0532. The number of rotatable bonds is 3. The van der Waals surface area contributed by atoms with E-state index in [9.17, 15) is 4.79 Å². The third kappa shape index (κ3) is 3.93. The SMILES string of the molecule is Cc1ccc([C@H]2Cn3nnc(C(=O)N4CCN(c5cccc(C)c5)CC4)c3CO2)cc1. The Balaban J connectivity index is 1.25. The lowest BCUT2D eigenvalue weighted by Crippen LogP contribution is -2.49. The van der Waals surface area contributed by atoms with Crippen molar-refractivity contribution in [1.82, 2.24) is 19.9 Å². The van der Waals surface area contributed by atoms with Gasteiger partial charge >= 0.3 is 0 Å². The molecule has 0 aliphatic carbocycles. The van der Waals surface area contributed by atoms with E-state index < -0.39 is 0 Å². The van der Waals surface area contributed by atoms with E-state index in [1.807, 2.05) is 9.58 Å². The van der Waals surface area contributed by atoms with Crippen LogP contribution in [0.25, 0.3) is 0 Å². The number of ether oxygens (including phenoxy) is 1. The summed E-state index contributed by atoms with van der Waals surface area (Å²) in [6.45, 7) is 8.05. The highest BCUT2D eigenvalue weighted by Gasteiger charge is 2.31. The number of aromatic nitrogens is 3. The maximum Gasteiger partial charge on any atom is 0.276 e. The van der Waals surface area contributed by atoms with Crippen molar-refractivity contribution >= 4 is 11.6 Å². The number of amides is 1. The summed E-state index contributed by atoms with van der Waals surface area (Å²) in [6.07, 6.45) is -0.0735. The first-order chi connectivity index (χ1) is 15.1. The first-order valence-electron chi connectivity index (χ1n) is 10.8. The molecule has 0 spiro atoms. The monoisotopic (exact) mass is 417 g/mol. The van der Waals surface area contributed by atoms with Crippen LogP contribution < -0.4 is 4.90 Å². The van der Waals surface area contributed by atoms with Gasteiger partial charge < -0.3 is 14.5 Å². The predicted molar refractivity (Wildman–Crippen MR) is 118 cm³/mol. The van der Waals surface area contributed by atoms with Crippen molar-refractivity contribution in [3.05, 3.63) is 76.6 Å². The lowest BCUT2D eigenvalue weighted by atomic mass is 10.1. The quantitative estimate of drug-likeness (QED) is 0.655. The molecule has 0 radical (unpaired) electrons. The first-order valence-corrected chi connectivity index (χ1v) is 10.8. The fourth-order valence-electron chi connectivity index (χ4n) is 4.30. The van der Waals surface area contributed by atoms with Gasteiger partial charge in [-0.25, -0.2) is 4.68 Å². The van der Waals surface area contributed by atoms with Gasteiger partial charge in [0.25, 0.3) is 5.91 Å². The zero-order chi connectivity index (χ0) is 21.4. The molecule has 0 unspecified atom stereocenters. The highest BCUT2D eigenvalue weighted by molar-refractivity contribution is 5.93. The molecule has 0 bridgehead atoms. The molecule has 2 aromatic carbocycles. The summed E-state index contributed by atoms with van der Waals surface area (Å²) in [4.78, 5) is 17.4. The molecule has 31 heavy (non-hydrogen) atoms. The van der Waals surface area contributed by atoms with E-state index in [0.717, 1.165) is 24.3 Å². The average Bonchev–Trinajstić information content (AvgIpc) is 3.22. The second-order valence-electron chi connectivity index (χ2n) is 8.40. The number of hydrogen-bond donors (Lipinski definition) is 0. The van der Waals surface area contributed by atoms with Crippen LogP contribution in [0.15, 0.2) is 48.5 Å². The van der Waals surface area contributed by atoms with Gasteiger partial charge in [0.05, 0.1) is 18.8 Å². The highest BCUT2D eigenvalue weighted by Crippen LogP contribution is 2.28. The van der Waals surface area contributed by atoms with Crippen LogP contribution >= 0.6 is 0 Å². The molecule has 1 saturated heterocycles. The van der Waals surface area contributed by atoms with Crippen molar-refractivity contribution in [1.29, 1.82) is 0 Å². The topological polar surface area (TPSA) is 63.5 Å². The Hall–Kier alpha value is -3.19. The number of piperazine rings is 1. The molecule has 2 aliphatic heterocycles. The Bertz CT molecular complexity index is 1080. The molecule has 0 N–H and O–H groups in total. The van der Waals surface area contributed by atoms with Gasteiger partial charge in [-0.3, -0.25) is 4.79 Å². The molecular weight excluding hydrogens is 390 g/mol. The number of hydrogen-bond acceptors (Lipinski definition) is 5. The standard InChI is InChI=1S/C24H27N5O2/c1-17-6-8-19(9-7-17)22-15-29-21(16-31-22)23(25-26-29)24(30)28-12-10-27(11-13-28)20-5-3-4-18(2)14-20/h3-9,14,22H,10-13,15-16H2,1-2H3/t22-/m1/s1. The Morgan fingerprint density at radius 3 is 2.52 bits per heavy atom. The van der Waals surface area contributed by atoms with E-state index in [2.05, 4.69) is 77.6 Å². The zero-order valence-electron chi connectivity index (χ0n) is 18.0. The Kier molecular flexibility index (Phi) is 5.19. The molecule has 7 heteroatoms. The summed E-state index contributed by atoms with van der Waals surface area (Å²) in [6, 6.07) is 16.8. The maximum absolute atomic E-state index is 13.2. The zero-order valence-corrected chi connectivity index (χ0v) is 18.0. The molecule has 1 amide bonds. The number of nitrogens with zero attached hydrogens (tertiary/aromatic N) is 5. The largest absolute Gasteiger partial charge is 0.368 e. The molecule has 1 aromatic heterocycles. The lowest BCUT2D eigenvalue weighted by Gasteiger charge is -2.36. The summed E-state index contributed by atoms with van der Waals surface area (Å²) in [5.41, 5.74) is 5.99. The minimum absolute atomic E-state index is 0.0532. The molecule has 1 atom stereocenters. The van der Waals surface area contributed by atoms with Crippen molar-refractivity contribution in [3.8, 4) is 0 Å². The van der Waals surface area contributed by atoms with Gasteiger partial charge in [0.15, 0.2) is 5.69 Å². The van der Waals surface area contributed by atoms with Crippen LogP contribution in [-0.2, 0) is 17.9 Å². The van der Waals surface area contributed by atoms with Crippen molar-refractivity contribution in [2.45, 2.75) is 33.1 Å². The van der Waals surface area contributed by atoms with E-state index in [1.54, 1.807) is 0 Å². The normalized spacial score (nSPS) is 18.7. The highest BCUT2D eigenvalue weighted by atomic mass is 16.5. The minimum atomic E-state index is -0.0735. The van der Waals surface area contributed by atoms with E-state index in [-0.39, 0.29) is 12.0 Å². The van der Waals surface area contributed by atoms with Crippen LogP contribution in [0, 0.1) is 13.8 Å². The molecule has 3 aromatic rings. The third-order valence-corrected chi connectivity index (χ3v) is 6.18. The number of carbonyl (C=O) groups is 1. The van der Waals surface area contributed by atoms with Gasteiger partial charge in [0.1, 0.15) is 6.10 Å². The summed E-state index contributed by atoms with van der Waals surface area (Å²) in [5, 5.41) is 8.50. The van der Waals surface area contributed by atoms with Crippen LogP contribution in [0.5, 0.6) is 0 Å². The van der Waals surface area contributed by atoms with Crippen molar-refractivity contribution in [2.75, 3.05) is 31.1 Å². The second-order valence-corrected chi connectivity index (χ2v) is 8.40. The Morgan fingerprint density at radius 2 is 1.77 bits per heavy atom. The molecule has 7 nitrogen and oxygen atoms in total. The molecule has 2 aliphatic rings. The van der Waals surface area contributed by atoms with Gasteiger partial charge in [0.2, 0.25) is 0 Å². The van der Waals surface area contributed by atoms with E-state index in [0.29, 0.717) is 31.9 Å². The number of aryl methyl sites for hydroxylation is 2. The predicted octanol–water partition coefficient (Wildman–Crippen LogP) is 3.13. The summed E-state index contributed by atoms with van der Waals surface area (Å²) >= 11 is 0. The molecule has 0 saturated carbocycles. The minimum Gasteiger partial charge on any atom is -0.368 e. The second kappa shape index (κ2) is 8.15. The summed E-state index contributed by atoms with van der Waals surface area (Å²) < 4.78 is 7.90. The smallest absolute Gasteiger partial charge is 0.276 e. The van der Waals surface area contributed by atoms with Gasteiger partial charge in [-0.15, -0.1) is 5.10 Å². The fourth-order valence-corrected chi connectivity index (χ4v) is 4.30. The van der Waals surface area contributed by atoms with E-state index >= 15 is 0 Å². The van der Waals surface area contributed by atoms with Gasteiger partial charge in [-0.1, -0.05) is 47.2 Å². The molecular formula is C24H27N5O2. The molecule has 5 rings (SSSR count). The van der Waals surface area contributed by atoms with Crippen LogP contribution in [0.4, 0.5) is 5.69 Å². The van der Waals surface area contributed by atoms with Gasteiger partial charge in [-0.2, -0.15) is 0 Å². The van der Waals surface area contributed by atoms with Crippen LogP contribution in [0.3, 0.4) is 0 Å². The van der Waals surface area contributed by atoms with Crippen molar-refractivity contribution in [2.24, 2.45) is 0 Å². The maximum atomic E-state index is 13.2. The molecule has 160 valence electrons. The van der Waals surface area contributed by atoms with E-state index in [4.69, 9.17) is 4.74 Å². The first kappa shape index (κ1) is 19.8. The van der Waals surface area contributed by atoms with Crippen LogP contribution in [-0.4, -0.2) is 52.0 Å². The number of carbonyl (C=O) groups excluding carboxylic acids is 1. The van der Waals surface area contributed by atoms with Crippen molar-refractivity contribution in [3.63, 3.8) is 0 Å². The summed E-state index contributed by atoms with van der Waals surface area (Å²) in [7, 11) is 0. The Morgan fingerprint density at radius 1 is 1.00 bits per heavy atom. The fraction of sp³-hybridized carbons (Fsp3) is 0.375. The number of fused-ring (bicyclic) bond motifs is 1. The van der Waals surface area contributed by atoms with Crippen molar-refractivity contribution < 1.29 is 9.53 Å². The number of benzene rings is 2. The van der Waals surface area contributed by atoms with Crippen LogP contribution in [0.1, 0.15) is 39.0 Å². The lowest BCUT2D eigenvalue weighted by molar-refractivity contribution is -0.00196. The number of anilines is 1. The van der Waals surface area contributed by atoms with Gasteiger partial charge in [-0.05, 0) is 37.1 Å². The third-order valence-electron chi connectivity index (χ3n) is 6.18. The molecule has 3 heterocycles. The van der Waals surface area contributed by atoms with Gasteiger partial charge in [0, 0.05) is 31.9 Å². The molecule has 1 fully saturated rings. The van der Waals surface area contributed by atoms with E-state index in [1.165, 1.54) is 16.8 Å².